The summed E-state index contributed by atoms with van der Waals surface area (Å²) >= 11 is 0. The van der Waals surface area contributed by atoms with E-state index in [1.807, 2.05) is 6.92 Å². The molecule has 1 saturated heterocycles. The quantitative estimate of drug-likeness (QED) is 0.744. The number of rotatable bonds is 6. The highest BCUT2D eigenvalue weighted by atomic mass is 16.2. The zero-order valence-electron chi connectivity index (χ0n) is 16.7. The first-order chi connectivity index (χ1) is 12.4. The third kappa shape index (κ3) is 5.19. The van der Waals surface area contributed by atoms with Gasteiger partial charge in [0.25, 0.3) is 0 Å². The van der Waals surface area contributed by atoms with Crippen molar-refractivity contribution in [2.24, 2.45) is 11.8 Å². The van der Waals surface area contributed by atoms with E-state index in [9.17, 15) is 9.59 Å². The first-order valence-electron chi connectivity index (χ1n) is 10.5. The summed E-state index contributed by atoms with van der Waals surface area (Å²) in [6.45, 7) is 10.5. The summed E-state index contributed by atoms with van der Waals surface area (Å²) < 4.78 is 0. The molecule has 0 bridgehead atoms. The molecular weight excluding hydrogens is 328 g/mol. The van der Waals surface area contributed by atoms with Crippen LogP contribution in [0.2, 0.25) is 0 Å². The zero-order chi connectivity index (χ0) is 18.7. The second-order valence-electron chi connectivity index (χ2n) is 8.71. The van der Waals surface area contributed by atoms with Crippen molar-refractivity contribution >= 4 is 11.8 Å². The highest BCUT2D eigenvalue weighted by Gasteiger charge is 2.32. The van der Waals surface area contributed by atoms with Gasteiger partial charge in [0.05, 0.1) is 12.6 Å². The van der Waals surface area contributed by atoms with Gasteiger partial charge in [0.1, 0.15) is 0 Å². The van der Waals surface area contributed by atoms with E-state index in [1.165, 1.54) is 12.8 Å². The molecule has 26 heavy (non-hydrogen) atoms. The van der Waals surface area contributed by atoms with Gasteiger partial charge in [0.15, 0.2) is 0 Å². The molecule has 0 aromatic heterocycles. The van der Waals surface area contributed by atoms with Crippen LogP contribution in [-0.2, 0) is 9.59 Å². The van der Waals surface area contributed by atoms with Crippen LogP contribution in [0, 0.1) is 11.8 Å². The number of hydrogen-bond acceptors (Lipinski definition) is 4. The Labute approximate surface area is 158 Å². The molecule has 4 unspecified atom stereocenters. The molecule has 2 amide bonds. The number of carbonyl (C=O) groups is 2. The number of nitrogens with zero attached hydrogens (tertiary/aromatic N) is 2. The van der Waals surface area contributed by atoms with Gasteiger partial charge in [-0.25, -0.2) is 0 Å². The number of piperazine rings is 1. The number of carbonyl (C=O) groups excluding carboxylic acids is 2. The highest BCUT2D eigenvalue weighted by Crippen LogP contribution is 2.29. The minimum atomic E-state index is -0.0955. The van der Waals surface area contributed by atoms with Gasteiger partial charge in [-0.3, -0.25) is 19.4 Å². The zero-order valence-corrected chi connectivity index (χ0v) is 16.7. The second kappa shape index (κ2) is 8.70. The van der Waals surface area contributed by atoms with Gasteiger partial charge in [-0.2, -0.15) is 0 Å². The van der Waals surface area contributed by atoms with Crippen molar-refractivity contribution in [3.63, 3.8) is 0 Å². The Bertz CT molecular complexity index is 500. The first-order valence-corrected chi connectivity index (χ1v) is 10.5. The van der Waals surface area contributed by atoms with Crippen LogP contribution in [-0.4, -0.2) is 72.5 Å². The van der Waals surface area contributed by atoms with E-state index in [-0.39, 0.29) is 17.9 Å². The fourth-order valence-corrected chi connectivity index (χ4v) is 4.27. The predicted molar refractivity (Wildman–Crippen MR) is 103 cm³/mol. The van der Waals surface area contributed by atoms with E-state index in [4.69, 9.17) is 0 Å². The summed E-state index contributed by atoms with van der Waals surface area (Å²) in [5, 5.41) is 6.36. The third-order valence-electron chi connectivity index (χ3n) is 6.68. The minimum Gasteiger partial charge on any atom is -0.352 e. The molecule has 2 saturated carbocycles. The van der Waals surface area contributed by atoms with Crippen molar-refractivity contribution in [2.45, 2.75) is 71.0 Å². The van der Waals surface area contributed by atoms with Gasteiger partial charge in [0.2, 0.25) is 11.8 Å². The molecule has 6 nitrogen and oxygen atoms in total. The molecule has 1 heterocycles. The van der Waals surface area contributed by atoms with Crippen molar-refractivity contribution in [1.82, 2.24) is 20.4 Å². The van der Waals surface area contributed by atoms with Gasteiger partial charge in [-0.15, -0.1) is 0 Å². The SMILES string of the molecule is CC1CCCC(NC(=O)C(C)N2CCN(CC(=O)NC3CC3)CC2)C1C. The van der Waals surface area contributed by atoms with Gasteiger partial charge in [-0.1, -0.05) is 26.7 Å². The Morgan fingerprint density at radius 3 is 2.35 bits per heavy atom. The van der Waals surface area contributed by atoms with Crippen LogP contribution < -0.4 is 10.6 Å². The van der Waals surface area contributed by atoms with Gasteiger partial charge in [0, 0.05) is 38.3 Å². The van der Waals surface area contributed by atoms with Crippen molar-refractivity contribution in [2.75, 3.05) is 32.7 Å². The Morgan fingerprint density at radius 1 is 1.00 bits per heavy atom. The van der Waals surface area contributed by atoms with E-state index in [0.29, 0.717) is 30.5 Å². The van der Waals surface area contributed by atoms with Crippen molar-refractivity contribution in [3.05, 3.63) is 0 Å². The Morgan fingerprint density at radius 2 is 1.69 bits per heavy atom. The highest BCUT2D eigenvalue weighted by molar-refractivity contribution is 5.81. The summed E-state index contributed by atoms with van der Waals surface area (Å²) in [7, 11) is 0. The molecule has 4 atom stereocenters. The maximum Gasteiger partial charge on any atom is 0.237 e. The molecular formula is C20H36N4O2. The topological polar surface area (TPSA) is 64.7 Å². The van der Waals surface area contributed by atoms with Gasteiger partial charge in [-0.05, 0) is 38.0 Å². The molecule has 2 N–H and O–H groups in total. The predicted octanol–water partition coefficient (Wildman–Crippen LogP) is 1.21. The molecule has 0 aromatic rings. The molecule has 3 aliphatic rings. The van der Waals surface area contributed by atoms with Gasteiger partial charge < -0.3 is 10.6 Å². The van der Waals surface area contributed by atoms with E-state index in [1.54, 1.807) is 0 Å². The molecule has 2 aliphatic carbocycles. The van der Waals surface area contributed by atoms with Crippen LogP contribution in [0.1, 0.15) is 52.9 Å². The monoisotopic (exact) mass is 364 g/mol. The Balaban J connectivity index is 1.40. The molecule has 0 spiro atoms. The summed E-state index contributed by atoms with van der Waals surface area (Å²) in [6, 6.07) is 0.653. The Hall–Kier alpha value is -1.14. The number of amides is 2. The van der Waals surface area contributed by atoms with Crippen LogP contribution in [0.25, 0.3) is 0 Å². The normalized spacial score (nSPS) is 32.0. The van der Waals surface area contributed by atoms with Crippen LogP contribution in [0.15, 0.2) is 0 Å². The number of hydrogen-bond donors (Lipinski definition) is 2. The molecule has 3 rings (SSSR count). The summed E-state index contributed by atoms with van der Waals surface area (Å²) in [4.78, 5) is 29.1. The van der Waals surface area contributed by atoms with Crippen molar-refractivity contribution in [1.29, 1.82) is 0 Å². The molecule has 0 radical (unpaired) electrons. The molecule has 148 valence electrons. The van der Waals surface area contributed by atoms with Crippen LogP contribution in [0.5, 0.6) is 0 Å². The van der Waals surface area contributed by atoms with Crippen molar-refractivity contribution < 1.29 is 9.59 Å². The maximum absolute atomic E-state index is 12.7. The third-order valence-corrected chi connectivity index (χ3v) is 6.68. The second-order valence-corrected chi connectivity index (χ2v) is 8.71. The lowest BCUT2D eigenvalue weighted by molar-refractivity contribution is -0.129. The van der Waals surface area contributed by atoms with E-state index >= 15 is 0 Å². The lowest BCUT2D eigenvalue weighted by atomic mass is 9.78. The molecule has 1 aliphatic heterocycles. The first kappa shape index (κ1) is 19.6. The van der Waals surface area contributed by atoms with E-state index < -0.39 is 0 Å². The largest absolute Gasteiger partial charge is 0.352 e. The van der Waals surface area contributed by atoms with Gasteiger partial charge >= 0.3 is 0 Å². The standard InChI is InChI=1S/C20H36N4O2/c1-14-5-4-6-18(15(14)2)22-20(26)16(3)24-11-9-23(10-12-24)13-19(25)21-17-7-8-17/h14-18H,4-13H2,1-3H3,(H,21,25)(H,22,26). The number of nitrogens with one attached hydrogen (secondary N) is 2. The van der Waals surface area contributed by atoms with Crippen LogP contribution >= 0.6 is 0 Å². The smallest absolute Gasteiger partial charge is 0.237 e. The summed E-state index contributed by atoms with van der Waals surface area (Å²) in [5.41, 5.74) is 0. The fraction of sp³-hybridized carbons (Fsp3) is 0.900. The minimum absolute atomic E-state index is 0.0955. The van der Waals surface area contributed by atoms with E-state index in [0.717, 1.165) is 45.4 Å². The average molecular weight is 365 g/mol. The Kier molecular flexibility index (Phi) is 6.56. The van der Waals surface area contributed by atoms with Crippen LogP contribution in [0.4, 0.5) is 0 Å². The lowest BCUT2D eigenvalue weighted by Crippen LogP contribution is -2.57. The summed E-state index contributed by atoms with van der Waals surface area (Å²) in [5.74, 6) is 1.56. The maximum atomic E-state index is 12.7. The van der Waals surface area contributed by atoms with Crippen LogP contribution in [0.3, 0.4) is 0 Å². The average Bonchev–Trinajstić information content (AvgIpc) is 3.42. The fourth-order valence-electron chi connectivity index (χ4n) is 4.27. The molecule has 3 fully saturated rings. The molecule has 6 heteroatoms. The summed E-state index contributed by atoms with van der Waals surface area (Å²) in [6.07, 6.45) is 5.86. The van der Waals surface area contributed by atoms with E-state index in [2.05, 4.69) is 34.3 Å². The lowest BCUT2D eigenvalue weighted by Gasteiger charge is -2.39. The van der Waals surface area contributed by atoms with Crippen molar-refractivity contribution in [3.8, 4) is 0 Å². The molecule has 0 aromatic carbocycles.